The van der Waals surface area contributed by atoms with Gasteiger partial charge in [0.25, 0.3) is 11.8 Å². The Morgan fingerprint density at radius 3 is 2.77 bits per heavy atom. The fourth-order valence-electron chi connectivity index (χ4n) is 2.89. The molecule has 2 amide bonds. The van der Waals surface area contributed by atoms with Gasteiger partial charge in [0.05, 0.1) is 9.73 Å². The summed E-state index contributed by atoms with van der Waals surface area (Å²) in [5.41, 5.74) is 1.77. The minimum absolute atomic E-state index is 0.0460. The summed E-state index contributed by atoms with van der Waals surface area (Å²) in [6, 6.07) is 4.87. The number of carbonyl (C=O) groups excluding carboxylic acids is 2. The Bertz CT molecular complexity index is 744. The topological polar surface area (TPSA) is 87.6 Å². The van der Waals surface area contributed by atoms with Crippen LogP contribution in [0.15, 0.2) is 22.6 Å². The molecule has 1 atom stereocenters. The van der Waals surface area contributed by atoms with Crippen molar-refractivity contribution in [3.05, 3.63) is 34.9 Å². The van der Waals surface area contributed by atoms with E-state index in [1.54, 1.807) is 24.5 Å². The number of hydrogen-bond donors (Lipinski definition) is 2. The molecule has 0 aromatic heterocycles. The van der Waals surface area contributed by atoms with Gasteiger partial charge in [0.15, 0.2) is 0 Å². The first-order chi connectivity index (χ1) is 10.5. The Balaban J connectivity index is 1.86. The molecule has 118 valence electrons. The quantitative estimate of drug-likeness (QED) is 0.848. The number of nitrogens with zero attached hydrogens (tertiary/aromatic N) is 1. The monoisotopic (exact) mass is 321 g/mol. The molecule has 3 rings (SSSR count). The van der Waals surface area contributed by atoms with E-state index in [0.717, 1.165) is 31.5 Å². The van der Waals surface area contributed by atoms with Crippen molar-refractivity contribution in [1.82, 2.24) is 10.6 Å². The van der Waals surface area contributed by atoms with Crippen LogP contribution in [0.5, 0.6) is 0 Å². The first-order valence-electron chi connectivity index (χ1n) is 7.34. The first-order valence-corrected chi connectivity index (χ1v) is 9.33. The molecule has 2 N–H and O–H groups in total. The van der Waals surface area contributed by atoms with Crippen molar-refractivity contribution in [3.63, 3.8) is 0 Å². The van der Waals surface area contributed by atoms with Gasteiger partial charge in [0.2, 0.25) is 0 Å². The Kier molecular flexibility index (Phi) is 4.01. The van der Waals surface area contributed by atoms with E-state index in [2.05, 4.69) is 15.0 Å². The SMILES string of the molecule is CS(=O)(=NC(=O)c1ccc2c(c1)CNC2=O)C1CCNCC1. The number of amides is 2. The summed E-state index contributed by atoms with van der Waals surface area (Å²) in [5, 5.41) is 5.87. The summed E-state index contributed by atoms with van der Waals surface area (Å²) in [7, 11) is -2.55. The molecule has 0 radical (unpaired) electrons. The van der Waals surface area contributed by atoms with Crippen molar-refractivity contribution in [3.8, 4) is 0 Å². The molecule has 2 aliphatic heterocycles. The Labute approximate surface area is 129 Å². The van der Waals surface area contributed by atoms with Crippen LogP contribution < -0.4 is 10.6 Å². The van der Waals surface area contributed by atoms with Gasteiger partial charge >= 0.3 is 0 Å². The number of rotatable bonds is 2. The maximum Gasteiger partial charge on any atom is 0.285 e. The van der Waals surface area contributed by atoms with Crippen LogP contribution in [0.2, 0.25) is 0 Å². The van der Waals surface area contributed by atoms with Crippen molar-refractivity contribution in [1.29, 1.82) is 0 Å². The van der Waals surface area contributed by atoms with Crippen molar-refractivity contribution in [2.24, 2.45) is 4.36 Å². The largest absolute Gasteiger partial charge is 0.348 e. The fraction of sp³-hybridized carbons (Fsp3) is 0.467. The smallest absolute Gasteiger partial charge is 0.285 e. The zero-order valence-corrected chi connectivity index (χ0v) is 13.2. The summed E-state index contributed by atoms with van der Waals surface area (Å²) in [6.45, 7) is 2.04. The standard InChI is InChI=1S/C15H19N3O3S/c1-22(21,12-4-6-16-7-5-12)18-14(19)10-2-3-13-11(8-10)9-17-15(13)20/h2-3,8,12,16H,4-7,9H2,1H3,(H,17,20). The van der Waals surface area contributed by atoms with E-state index in [9.17, 15) is 13.8 Å². The number of hydrogen-bond acceptors (Lipinski definition) is 4. The number of benzene rings is 1. The Hall–Kier alpha value is -1.73. The van der Waals surface area contributed by atoms with Crippen molar-refractivity contribution in [2.75, 3.05) is 19.3 Å². The molecule has 6 nitrogen and oxygen atoms in total. The van der Waals surface area contributed by atoms with Gasteiger partial charge in [0.1, 0.15) is 0 Å². The molecule has 1 unspecified atom stereocenters. The molecule has 1 fully saturated rings. The van der Waals surface area contributed by atoms with E-state index in [1.165, 1.54) is 0 Å². The summed E-state index contributed by atoms with van der Waals surface area (Å²) in [5.74, 6) is -0.590. The Morgan fingerprint density at radius 1 is 1.32 bits per heavy atom. The second-order valence-corrected chi connectivity index (χ2v) is 8.33. The maximum atomic E-state index is 12.7. The van der Waals surface area contributed by atoms with Crippen LogP contribution in [-0.4, -0.2) is 40.6 Å². The highest BCUT2D eigenvalue weighted by atomic mass is 32.2. The van der Waals surface area contributed by atoms with Gasteiger partial charge in [-0.3, -0.25) is 9.59 Å². The fourth-order valence-corrected chi connectivity index (χ4v) is 4.58. The third kappa shape index (κ3) is 2.91. The molecule has 1 aromatic carbocycles. The van der Waals surface area contributed by atoms with Gasteiger partial charge in [-0.05, 0) is 49.7 Å². The highest BCUT2D eigenvalue weighted by molar-refractivity contribution is 7.93. The molecular formula is C15H19N3O3S. The number of nitrogens with one attached hydrogen (secondary N) is 2. The first kappa shape index (κ1) is 15.2. The van der Waals surface area contributed by atoms with Crippen molar-refractivity contribution < 1.29 is 13.8 Å². The Morgan fingerprint density at radius 2 is 2.05 bits per heavy atom. The van der Waals surface area contributed by atoms with Crippen molar-refractivity contribution >= 4 is 21.5 Å². The lowest BCUT2D eigenvalue weighted by molar-refractivity contribution is 0.0963. The minimum Gasteiger partial charge on any atom is -0.348 e. The van der Waals surface area contributed by atoms with Crippen molar-refractivity contribution in [2.45, 2.75) is 24.6 Å². The van der Waals surface area contributed by atoms with E-state index < -0.39 is 15.6 Å². The molecule has 0 bridgehead atoms. The highest BCUT2D eigenvalue weighted by Gasteiger charge is 2.24. The predicted molar refractivity (Wildman–Crippen MR) is 84.3 cm³/mol. The normalized spacial score (nSPS) is 20.9. The lowest BCUT2D eigenvalue weighted by atomic mass is 10.1. The van der Waals surface area contributed by atoms with E-state index >= 15 is 0 Å². The second-order valence-electron chi connectivity index (χ2n) is 5.76. The number of carbonyl (C=O) groups is 2. The minimum atomic E-state index is -2.55. The summed E-state index contributed by atoms with van der Waals surface area (Å²) >= 11 is 0. The molecule has 7 heteroatoms. The van der Waals surface area contributed by atoms with Gasteiger partial charge in [-0.25, -0.2) is 4.21 Å². The molecule has 0 saturated carbocycles. The summed E-state index contributed by atoms with van der Waals surface area (Å²) < 4.78 is 16.7. The number of fused-ring (bicyclic) bond motifs is 1. The molecule has 0 spiro atoms. The maximum absolute atomic E-state index is 12.7. The van der Waals surface area contributed by atoms with Gasteiger partial charge < -0.3 is 10.6 Å². The summed E-state index contributed by atoms with van der Waals surface area (Å²) in [4.78, 5) is 23.8. The zero-order valence-electron chi connectivity index (χ0n) is 12.4. The van der Waals surface area contributed by atoms with Crippen LogP contribution in [0, 0.1) is 0 Å². The van der Waals surface area contributed by atoms with Gasteiger partial charge in [-0.2, -0.15) is 4.36 Å². The second kappa shape index (κ2) is 5.81. The van der Waals surface area contributed by atoms with E-state index in [4.69, 9.17) is 0 Å². The van der Waals surface area contributed by atoms with Crippen LogP contribution in [0.3, 0.4) is 0 Å². The zero-order chi connectivity index (χ0) is 15.7. The molecule has 2 heterocycles. The third-order valence-electron chi connectivity index (χ3n) is 4.21. The predicted octanol–water partition coefficient (Wildman–Crippen LogP) is 0.920. The molecule has 2 aliphatic rings. The molecule has 22 heavy (non-hydrogen) atoms. The van der Waals surface area contributed by atoms with Crippen LogP contribution in [0.25, 0.3) is 0 Å². The lowest BCUT2D eigenvalue weighted by Gasteiger charge is -2.23. The van der Waals surface area contributed by atoms with Gasteiger partial charge in [0, 0.05) is 29.2 Å². The highest BCUT2D eigenvalue weighted by Crippen LogP contribution is 2.20. The van der Waals surface area contributed by atoms with Crippen LogP contribution in [0.1, 0.15) is 39.1 Å². The molecular weight excluding hydrogens is 302 g/mol. The van der Waals surface area contributed by atoms with E-state index in [-0.39, 0.29) is 11.2 Å². The third-order valence-corrected chi connectivity index (χ3v) is 6.44. The average molecular weight is 321 g/mol. The van der Waals surface area contributed by atoms with Gasteiger partial charge in [-0.15, -0.1) is 0 Å². The van der Waals surface area contributed by atoms with E-state index in [0.29, 0.717) is 17.7 Å². The molecule has 1 aromatic rings. The van der Waals surface area contributed by atoms with Crippen LogP contribution >= 0.6 is 0 Å². The van der Waals surface area contributed by atoms with Crippen LogP contribution in [-0.2, 0) is 16.3 Å². The van der Waals surface area contributed by atoms with Crippen LogP contribution in [0.4, 0.5) is 0 Å². The average Bonchev–Trinajstić information content (AvgIpc) is 2.88. The lowest BCUT2D eigenvalue weighted by Crippen LogP contribution is -2.35. The number of piperidine rings is 1. The van der Waals surface area contributed by atoms with Gasteiger partial charge in [-0.1, -0.05) is 0 Å². The molecule has 1 saturated heterocycles. The summed E-state index contributed by atoms with van der Waals surface area (Å²) in [6.07, 6.45) is 3.11. The molecule has 0 aliphatic carbocycles. The van der Waals surface area contributed by atoms with E-state index in [1.807, 2.05) is 0 Å².